The summed E-state index contributed by atoms with van der Waals surface area (Å²) in [5, 5.41) is 2.75. The summed E-state index contributed by atoms with van der Waals surface area (Å²) < 4.78 is 17.1. The van der Waals surface area contributed by atoms with Gasteiger partial charge in [0.15, 0.2) is 11.7 Å². The molecule has 2 aliphatic heterocycles. The van der Waals surface area contributed by atoms with Crippen molar-refractivity contribution in [3.05, 3.63) is 65.2 Å². The molecule has 0 radical (unpaired) electrons. The number of benzene rings is 2. The standard InChI is InChI=1S/C21H21NO5/c1-2-25-20(24)18-16-12-15(8-9-17(16)22-19(18)23)21(26-10-11-27-21)13-14-6-4-3-5-7-14/h3-9,12,18H,2,10-11,13H2,1H3,(H,22,23). The van der Waals surface area contributed by atoms with Crippen LogP contribution in [-0.2, 0) is 36.0 Å². The minimum Gasteiger partial charge on any atom is -0.465 e. The van der Waals surface area contributed by atoms with E-state index in [4.69, 9.17) is 14.2 Å². The fourth-order valence-electron chi connectivity index (χ4n) is 3.65. The second-order valence-electron chi connectivity index (χ2n) is 6.59. The molecule has 6 nitrogen and oxygen atoms in total. The van der Waals surface area contributed by atoms with Crippen molar-refractivity contribution in [2.45, 2.75) is 25.0 Å². The minimum atomic E-state index is -0.963. The third kappa shape index (κ3) is 3.22. The maximum absolute atomic E-state index is 12.3. The van der Waals surface area contributed by atoms with Gasteiger partial charge in [-0.05, 0) is 30.2 Å². The van der Waals surface area contributed by atoms with Crippen LogP contribution < -0.4 is 5.32 Å². The number of carbonyl (C=O) groups is 2. The lowest BCUT2D eigenvalue weighted by molar-refractivity contribution is -0.164. The lowest BCUT2D eigenvalue weighted by Gasteiger charge is -2.28. The molecule has 1 amide bonds. The summed E-state index contributed by atoms with van der Waals surface area (Å²) in [5.41, 5.74) is 3.08. The van der Waals surface area contributed by atoms with Crippen molar-refractivity contribution in [1.82, 2.24) is 0 Å². The van der Waals surface area contributed by atoms with E-state index in [1.807, 2.05) is 42.5 Å². The molecule has 2 aliphatic rings. The number of hydrogen-bond acceptors (Lipinski definition) is 5. The van der Waals surface area contributed by atoms with Gasteiger partial charge >= 0.3 is 5.97 Å². The Bertz CT molecular complexity index is 858. The Morgan fingerprint density at radius 3 is 2.63 bits per heavy atom. The van der Waals surface area contributed by atoms with Crippen LogP contribution in [0.5, 0.6) is 0 Å². The van der Waals surface area contributed by atoms with Gasteiger partial charge in [0.1, 0.15) is 0 Å². The topological polar surface area (TPSA) is 73.9 Å². The van der Waals surface area contributed by atoms with Gasteiger partial charge in [-0.25, -0.2) is 0 Å². The van der Waals surface area contributed by atoms with Gasteiger partial charge in [-0.2, -0.15) is 0 Å². The molecule has 0 bridgehead atoms. The minimum absolute atomic E-state index is 0.224. The normalized spacial score (nSPS) is 20.2. The van der Waals surface area contributed by atoms with E-state index in [9.17, 15) is 9.59 Å². The van der Waals surface area contributed by atoms with E-state index in [2.05, 4.69) is 5.32 Å². The van der Waals surface area contributed by atoms with Gasteiger partial charge < -0.3 is 19.5 Å². The number of fused-ring (bicyclic) bond motifs is 1. The summed E-state index contributed by atoms with van der Waals surface area (Å²) in [5.74, 6) is -2.81. The highest BCUT2D eigenvalue weighted by Crippen LogP contribution is 2.40. The van der Waals surface area contributed by atoms with Crippen LogP contribution in [0, 0.1) is 0 Å². The Kier molecular flexibility index (Phi) is 4.68. The van der Waals surface area contributed by atoms with Crippen molar-refractivity contribution in [2.24, 2.45) is 0 Å². The van der Waals surface area contributed by atoms with Crippen molar-refractivity contribution in [1.29, 1.82) is 0 Å². The molecule has 1 unspecified atom stereocenters. The van der Waals surface area contributed by atoms with Crippen molar-refractivity contribution in [3.63, 3.8) is 0 Å². The highest BCUT2D eigenvalue weighted by Gasteiger charge is 2.42. The fourth-order valence-corrected chi connectivity index (χ4v) is 3.65. The Balaban J connectivity index is 1.71. The fraction of sp³-hybridized carbons (Fsp3) is 0.333. The summed E-state index contributed by atoms with van der Waals surface area (Å²) in [6.07, 6.45) is 0.540. The first-order valence-electron chi connectivity index (χ1n) is 9.07. The molecule has 1 N–H and O–H groups in total. The zero-order chi connectivity index (χ0) is 18.9. The smallest absolute Gasteiger partial charge is 0.323 e. The SMILES string of the molecule is CCOC(=O)C1C(=O)Nc2ccc(C3(Cc4ccccc4)OCCO3)cc21. The van der Waals surface area contributed by atoms with E-state index in [-0.39, 0.29) is 12.5 Å². The summed E-state index contributed by atoms with van der Waals surface area (Å²) in [4.78, 5) is 24.6. The molecule has 2 aromatic carbocycles. The number of hydrogen-bond donors (Lipinski definition) is 1. The van der Waals surface area contributed by atoms with Gasteiger partial charge in [0.25, 0.3) is 0 Å². The number of nitrogens with one attached hydrogen (secondary N) is 1. The van der Waals surface area contributed by atoms with Crippen LogP contribution in [0.3, 0.4) is 0 Å². The maximum atomic E-state index is 12.3. The molecule has 0 aliphatic carbocycles. The van der Waals surface area contributed by atoms with Gasteiger partial charge in [0.2, 0.25) is 5.91 Å². The molecule has 0 spiro atoms. The van der Waals surface area contributed by atoms with Crippen LogP contribution in [-0.4, -0.2) is 31.7 Å². The van der Waals surface area contributed by atoms with Crippen LogP contribution in [0.1, 0.15) is 29.5 Å². The van der Waals surface area contributed by atoms with Gasteiger partial charge in [-0.3, -0.25) is 9.59 Å². The summed E-state index contributed by atoms with van der Waals surface area (Å²) in [7, 11) is 0. The lowest BCUT2D eigenvalue weighted by atomic mass is 9.92. The Morgan fingerprint density at radius 2 is 1.93 bits per heavy atom. The largest absolute Gasteiger partial charge is 0.465 e. The molecule has 27 heavy (non-hydrogen) atoms. The zero-order valence-electron chi connectivity index (χ0n) is 15.1. The van der Waals surface area contributed by atoms with E-state index < -0.39 is 17.7 Å². The molecule has 4 rings (SSSR count). The second-order valence-corrected chi connectivity index (χ2v) is 6.59. The van der Waals surface area contributed by atoms with E-state index >= 15 is 0 Å². The summed E-state index contributed by atoms with van der Waals surface area (Å²) >= 11 is 0. The van der Waals surface area contributed by atoms with Crippen LogP contribution in [0.4, 0.5) is 5.69 Å². The maximum Gasteiger partial charge on any atom is 0.323 e. The molecular formula is C21H21NO5. The molecule has 140 valence electrons. The van der Waals surface area contributed by atoms with Gasteiger partial charge in [-0.1, -0.05) is 36.4 Å². The van der Waals surface area contributed by atoms with Gasteiger partial charge in [0.05, 0.1) is 19.8 Å². The van der Waals surface area contributed by atoms with Gasteiger partial charge in [0, 0.05) is 17.7 Å². The predicted octanol–water partition coefficient (Wildman–Crippen LogP) is 2.73. The van der Waals surface area contributed by atoms with E-state index in [0.29, 0.717) is 30.9 Å². The summed E-state index contributed by atoms with van der Waals surface area (Å²) in [6, 6.07) is 15.4. The van der Waals surface area contributed by atoms with E-state index in [1.165, 1.54) is 0 Å². The monoisotopic (exact) mass is 367 g/mol. The number of ether oxygens (including phenoxy) is 3. The first kappa shape index (κ1) is 17.7. The molecule has 0 aromatic heterocycles. The van der Waals surface area contributed by atoms with Crippen LogP contribution >= 0.6 is 0 Å². The Labute approximate surface area is 157 Å². The van der Waals surface area contributed by atoms with Crippen molar-refractivity contribution in [3.8, 4) is 0 Å². The third-order valence-corrected chi connectivity index (χ3v) is 4.88. The van der Waals surface area contributed by atoms with E-state index in [0.717, 1.165) is 11.1 Å². The van der Waals surface area contributed by atoms with Crippen molar-refractivity contribution < 1.29 is 23.8 Å². The number of esters is 1. The number of rotatable bonds is 5. The third-order valence-electron chi connectivity index (χ3n) is 4.88. The van der Waals surface area contributed by atoms with Crippen molar-refractivity contribution >= 4 is 17.6 Å². The summed E-state index contributed by atoms with van der Waals surface area (Å²) in [6.45, 7) is 2.92. The average Bonchev–Trinajstić information content (AvgIpc) is 3.26. The molecule has 1 fully saturated rings. The number of carbonyl (C=O) groups excluding carboxylic acids is 2. The van der Waals surface area contributed by atoms with E-state index in [1.54, 1.807) is 13.0 Å². The predicted molar refractivity (Wildman–Crippen MR) is 98.2 cm³/mol. The molecular weight excluding hydrogens is 346 g/mol. The van der Waals surface area contributed by atoms with Gasteiger partial charge in [-0.15, -0.1) is 0 Å². The molecule has 6 heteroatoms. The van der Waals surface area contributed by atoms with Crippen LogP contribution in [0.15, 0.2) is 48.5 Å². The Morgan fingerprint density at radius 1 is 1.19 bits per heavy atom. The van der Waals surface area contributed by atoms with Crippen LogP contribution in [0.2, 0.25) is 0 Å². The first-order valence-corrected chi connectivity index (χ1v) is 9.07. The Hall–Kier alpha value is -2.70. The number of anilines is 1. The lowest BCUT2D eigenvalue weighted by Crippen LogP contribution is -2.30. The van der Waals surface area contributed by atoms with Crippen LogP contribution in [0.25, 0.3) is 0 Å². The molecule has 1 atom stereocenters. The average molecular weight is 367 g/mol. The molecule has 2 aromatic rings. The van der Waals surface area contributed by atoms with Crippen molar-refractivity contribution in [2.75, 3.05) is 25.1 Å². The highest BCUT2D eigenvalue weighted by atomic mass is 16.7. The quantitative estimate of drug-likeness (QED) is 0.650. The molecule has 0 saturated carbocycles. The second kappa shape index (κ2) is 7.13. The number of amides is 1. The highest BCUT2D eigenvalue weighted by molar-refractivity contribution is 6.15. The molecule has 1 saturated heterocycles. The first-order chi connectivity index (χ1) is 13.1. The zero-order valence-corrected chi connectivity index (χ0v) is 15.1. The molecule has 2 heterocycles.